The lowest BCUT2D eigenvalue weighted by atomic mass is 9.90. The van der Waals surface area contributed by atoms with Crippen LogP contribution >= 0.6 is 11.3 Å². The molecule has 6 rings (SSSR count). The van der Waals surface area contributed by atoms with Crippen molar-refractivity contribution >= 4 is 23.2 Å². The van der Waals surface area contributed by atoms with Gasteiger partial charge in [0.2, 0.25) is 10.9 Å². The number of rotatable bonds is 8. The zero-order chi connectivity index (χ0) is 27.2. The van der Waals surface area contributed by atoms with Gasteiger partial charge >= 0.3 is 0 Å². The summed E-state index contributed by atoms with van der Waals surface area (Å²) in [6, 6.07) is 4.26. The van der Waals surface area contributed by atoms with Gasteiger partial charge in [-0.3, -0.25) is 14.5 Å². The molecule has 3 aromatic rings. The molecule has 3 aliphatic rings. The highest BCUT2D eigenvalue weighted by Crippen LogP contribution is 2.44. The summed E-state index contributed by atoms with van der Waals surface area (Å²) in [6.45, 7) is 1.07. The molecular weight excluding hydrogens is 531 g/mol. The third-order valence-electron chi connectivity index (χ3n) is 7.54. The van der Waals surface area contributed by atoms with Crippen molar-refractivity contribution in [2.45, 2.75) is 49.4 Å². The fourth-order valence-corrected chi connectivity index (χ4v) is 5.79. The van der Waals surface area contributed by atoms with Gasteiger partial charge in [-0.25, -0.2) is 23.1 Å². The first kappa shape index (κ1) is 25.8. The van der Waals surface area contributed by atoms with Crippen molar-refractivity contribution in [1.82, 2.24) is 35.7 Å². The first-order valence-electron chi connectivity index (χ1n) is 12.8. The lowest BCUT2D eigenvalue weighted by Crippen LogP contribution is -2.57. The molecule has 2 atom stereocenters. The van der Waals surface area contributed by atoms with Crippen LogP contribution in [0.1, 0.15) is 47.7 Å². The van der Waals surface area contributed by atoms with Gasteiger partial charge in [-0.15, -0.1) is 10.2 Å². The average molecular weight is 558 g/mol. The van der Waals surface area contributed by atoms with E-state index in [0.29, 0.717) is 44.5 Å². The van der Waals surface area contributed by atoms with E-state index >= 15 is 0 Å². The molecule has 0 spiro atoms. The van der Waals surface area contributed by atoms with Gasteiger partial charge in [0.05, 0.1) is 11.5 Å². The maximum atomic E-state index is 14.5. The summed E-state index contributed by atoms with van der Waals surface area (Å²) in [5, 5.41) is 13.9. The lowest BCUT2D eigenvalue weighted by molar-refractivity contribution is -0.129. The molecule has 1 aromatic carbocycles. The number of carbonyl (C=O) groups is 2. The van der Waals surface area contributed by atoms with Crippen LogP contribution in [0.25, 0.3) is 10.6 Å². The van der Waals surface area contributed by atoms with Crippen molar-refractivity contribution in [2.75, 3.05) is 19.6 Å². The van der Waals surface area contributed by atoms with E-state index in [2.05, 4.69) is 30.8 Å². The monoisotopic (exact) mass is 557 g/mol. The Kier molecular flexibility index (Phi) is 6.58. The van der Waals surface area contributed by atoms with Crippen LogP contribution in [-0.4, -0.2) is 68.2 Å². The quantitative estimate of drug-likeness (QED) is 0.438. The van der Waals surface area contributed by atoms with Gasteiger partial charge in [-0.05, 0) is 50.3 Å². The van der Waals surface area contributed by atoms with Crippen LogP contribution in [-0.2, 0) is 10.3 Å². The Balaban J connectivity index is 1.18. The Labute approximate surface area is 226 Å². The summed E-state index contributed by atoms with van der Waals surface area (Å²) in [7, 11) is 0. The van der Waals surface area contributed by atoms with Gasteiger partial charge in [0.25, 0.3) is 5.91 Å². The van der Waals surface area contributed by atoms with Crippen molar-refractivity contribution in [1.29, 1.82) is 0 Å². The molecule has 13 heteroatoms. The van der Waals surface area contributed by atoms with Crippen molar-refractivity contribution in [3.8, 4) is 10.6 Å². The summed E-state index contributed by atoms with van der Waals surface area (Å²) < 4.78 is 42.0. The van der Waals surface area contributed by atoms with E-state index in [1.807, 2.05) is 4.90 Å². The first-order chi connectivity index (χ1) is 18.7. The predicted octanol–water partition coefficient (Wildman–Crippen LogP) is 3.00. The van der Waals surface area contributed by atoms with E-state index in [0.717, 1.165) is 23.5 Å². The first-order valence-corrected chi connectivity index (χ1v) is 13.7. The maximum Gasteiger partial charge on any atom is 0.282 e. The minimum absolute atomic E-state index is 0.00708. The number of nitrogens with zero attached hydrogens (tertiary/aromatic N) is 5. The third-order valence-corrected chi connectivity index (χ3v) is 8.49. The average Bonchev–Trinajstić information content (AvgIpc) is 3.81. The van der Waals surface area contributed by atoms with Crippen LogP contribution in [0.15, 0.2) is 36.7 Å². The van der Waals surface area contributed by atoms with Gasteiger partial charge in [-0.1, -0.05) is 11.3 Å². The summed E-state index contributed by atoms with van der Waals surface area (Å²) in [5.41, 5.74) is -1.80. The molecule has 2 saturated carbocycles. The Hall–Kier alpha value is -3.45. The van der Waals surface area contributed by atoms with Crippen LogP contribution < -0.4 is 10.6 Å². The van der Waals surface area contributed by atoms with Gasteiger partial charge in [0.15, 0.2) is 10.8 Å². The summed E-state index contributed by atoms with van der Waals surface area (Å²) in [5.74, 6) is -2.43. The van der Waals surface area contributed by atoms with Gasteiger partial charge in [0, 0.05) is 49.7 Å². The predicted molar refractivity (Wildman–Crippen MR) is 135 cm³/mol. The summed E-state index contributed by atoms with van der Waals surface area (Å²) in [6.07, 6.45) is 6.14. The van der Waals surface area contributed by atoms with E-state index in [9.17, 15) is 22.8 Å². The second-order valence-electron chi connectivity index (χ2n) is 10.5. The van der Waals surface area contributed by atoms with Crippen molar-refractivity contribution in [3.63, 3.8) is 0 Å². The number of halogens is 3. The van der Waals surface area contributed by atoms with Crippen molar-refractivity contribution in [2.24, 2.45) is 5.92 Å². The number of carbonyl (C=O) groups excluding carboxylic acids is 2. The number of benzene rings is 1. The topological polar surface area (TPSA) is 113 Å². The molecule has 39 heavy (non-hydrogen) atoms. The SMILES string of the molecule is O=C(N[C@H]1CCN(CC2(F)CC2)C[C@@H]1C(=O)NC1(c2ncccn2)CC1)c1nnc(-c2ccc(F)cc2F)s1. The molecule has 9 nitrogen and oxygen atoms in total. The Bertz CT molecular complexity index is 1400. The molecule has 0 unspecified atom stereocenters. The molecule has 2 aromatic heterocycles. The van der Waals surface area contributed by atoms with Crippen molar-refractivity contribution in [3.05, 3.63) is 59.1 Å². The minimum atomic E-state index is -1.20. The molecule has 2 N–H and O–H groups in total. The van der Waals surface area contributed by atoms with Gasteiger partial charge in [0.1, 0.15) is 17.3 Å². The lowest BCUT2D eigenvalue weighted by Gasteiger charge is -2.39. The smallest absolute Gasteiger partial charge is 0.282 e. The fraction of sp³-hybridized carbons (Fsp3) is 0.462. The molecule has 3 fully saturated rings. The highest BCUT2D eigenvalue weighted by atomic mass is 32.1. The van der Waals surface area contributed by atoms with Crippen LogP contribution in [0.4, 0.5) is 13.2 Å². The van der Waals surface area contributed by atoms with Crippen molar-refractivity contribution < 1.29 is 22.8 Å². The van der Waals surface area contributed by atoms with Crippen LogP contribution in [0.3, 0.4) is 0 Å². The Morgan fingerprint density at radius 2 is 1.87 bits per heavy atom. The Morgan fingerprint density at radius 3 is 2.56 bits per heavy atom. The second-order valence-corrected chi connectivity index (χ2v) is 11.5. The fourth-order valence-electron chi connectivity index (χ4n) is 5.02. The number of alkyl halides is 1. The van der Waals surface area contributed by atoms with Gasteiger partial charge < -0.3 is 10.6 Å². The summed E-state index contributed by atoms with van der Waals surface area (Å²) in [4.78, 5) is 37.3. The summed E-state index contributed by atoms with van der Waals surface area (Å²) >= 11 is 0.872. The highest BCUT2D eigenvalue weighted by molar-refractivity contribution is 7.16. The number of amides is 2. The van der Waals surface area contributed by atoms with Crippen LogP contribution in [0.2, 0.25) is 0 Å². The van der Waals surface area contributed by atoms with Crippen LogP contribution in [0, 0.1) is 17.6 Å². The second kappa shape index (κ2) is 9.94. The molecule has 204 valence electrons. The third kappa shape index (κ3) is 5.50. The Morgan fingerprint density at radius 1 is 1.10 bits per heavy atom. The van der Waals surface area contributed by atoms with Gasteiger partial charge in [-0.2, -0.15) is 0 Å². The number of piperidine rings is 1. The molecule has 2 aliphatic carbocycles. The number of likely N-dealkylation sites (tertiary alicyclic amines) is 1. The molecule has 0 radical (unpaired) electrons. The molecule has 1 saturated heterocycles. The highest BCUT2D eigenvalue weighted by Gasteiger charge is 2.51. The van der Waals surface area contributed by atoms with E-state index in [1.165, 1.54) is 6.07 Å². The molecular formula is C26H26F3N7O2S. The zero-order valence-electron chi connectivity index (χ0n) is 20.9. The van der Waals surface area contributed by atoms with Crippen LogP contribution in [0.5, 0.6) is 0 Å². The molecule has 3 heterocycles. The standard InChI is InChI=1S/C26H26F3N7O2S/c27-15-2-3-16(18(28)12-15)22-34-35-23(39-22)21(38)32-19-4-11-36(14-25(29)5-6-25)13-17(19)20(37)33-26(7-8-26)24-30-9-1-10-31-24/h1-3,9-10,12,17,19H,4-8,11,13-14H2,(H,32,38)(H,33,37)/t17-,19-/m0/s1. The molecule has 2 amide bonds. The maximum absolute atomic E-state index is 14.5. The molecule has 0 bridgehead atoms. The van der Waals surface area contributed by atoms with E-state index in [-0.39, 0.29) is 34.6 Å². The largest absolute Gasteiger partial charge is 0.346 e. The van der Waals surface area contributed by atoms with E-state index in [1.54, 1.807) is 18.5 Å². The molecule has 1 aliphatic heterocycles. The number of hydrogen-bond donors (Lipinski definition) is 2. The van der Waals surface area contributed by atoms with E-state index < -0.39 is 40.7 Å². The zero-order valence-corrected chi connectivity index (χ0v) is 21.7. The number of nitrogens with one attached hydrogen (secondary N) is 2. The number of hydrogen-bond acceptors (Lipinski definition) is 8. The normalized spacial score (nSPS) is 23.2. The number of aromatic nitrogens is 4. The minimum Gasteiger partial charge on any atom is -0.346 e. The van der Waals surface area contributed by atoms with E-state index in [4.69, 9.17) is 0 Å².